The highest BCUT2D eigenvalue weighted by Crippen LogP contribution is 2.28. The van der Waals surface area contributed by atoms with Gasteiger partial charge in [0.15, 0.2) is 0 Å². The molecule has 1 aromatic heterocycles. The minimum Gasteiger partial charge on any atom is -0.469 e. The van der Waals surface area contributed by atoms with Crippen molar-refractivity contribution in [3.8, 4) is 0 Å². The van der Waals surface area contributed by atoms with Crippen LogP contribution in [0.1, 0.15) is 23.1 Å². The van der Waals surface area contributed by atoms with Crippen LogP contribution in [0, 0.1) is 13.8 Å². The molecule has 0 amide bonds. The molecular formula is C16H21NO3. The van der Waals surface area contributed by atoms with Gasteiger partial charge in [-0.15, -0.1) is 0 Å². The van der Waals surface area contributed by atoms with E-state index in [1.54, 1.807) is 0 Å². The number of aliphatic hydroxyl groups excluding tert-OH is 1. The molecule has 0 fully saturated rings. The lowest BCUT2D eigenvalue weighted by atomic mass is 10.0. The van der Waals surface area contributed by atoms with Crippen LogP contribution in [0.25, 0.3) is 10.9 Å². The fourth-order valence-corrected chi connectivity index (χ4v) is 2.67. The van der Waals surface area contributed by atoms with E-state index in [9.17, 15) is 4.79 Å². The first-order valence-electron chi connectivity index (χ1n) is 6.84. The maximum absolute atomic E-state index is 11.6. The third-order valence-corrected chi connectivity index (χ3v) is 3.63. The summed E-state index contributed by atoms with van der Waals surface area (Å²) in [6.07, 6.45) is 3.00. The monoisotopic (exact) mass is 275 g/mol. The molecule has 0 radical (unpaired) electrons. The number of ether oxygens (including phenoxy) is 1. The molecule has 2 rings (SSSR count). The van der Waals surface area contributed by atoms with Crippen LogP contribution in [0.15, 0.2) is 18.3 Å². The van der Waals surface area contributed by atoms with Crippen molar-refractivity contribution in [2.75, 3.05) is 13.7 Å². The lowest BCUT2D eigenvalue weighted by Crippen LogP contribution is -2.04. The number of benzene rings is 1. The average molecular weight is 275 g/mol. The zero-order chi connectivity index (χ0) is 14.7. The summed E-state index contributed by atoms with van der Waals surface area (Å²) in [5, 5.41) is 10.2. The van der Waals surface area contributed by atoms with E-state index in [4.69, 9.17) is 9.84 Å². The van der Waals surface area contributed by atoms with Crippen molar-refractivity contribution in [3.05, 3.63) is 35.0 Å². The molecular weight excluding hydrogens is 254 g/mol. The van der Waals surface area contributed by atoms with Crippen LogP contribution in [-0.4, -0.2) is 29.4 Å². The minimum atomic E-state index is -0.230. The van der Waals surface area contributed by atoms with Gasteiger partial charge in [0.05, 0.1) is 19.0 Å². The number of aryl methyl sites for hydroxylation is 3. The van der Waals surface area contributed by atoms with Crippen LogP contribution < -0.4 is 0 Å². The highest BCUT2D eigenvalue weighted by Gasteiger charge is 2.15. The molecule has 20 heavy (non-hydrogen) atoms. The van der Waals surface area contributed by atoms with Gasteiger partial charge in [0.2, 0.25) is 0 Å². The third kappa shape index (κ3) is 2.70. The zero-order valence-electron chi connectivity index (χ0n) is 12.3. The van der Waals surface area contributed by atoms with Crippen molar-refractivity contribution in [2.24, 2.45) is 0 Å². The Balaban J connectivity index is 2.57. The second-order valence-corrected chi connectivity index (χ2v) is 5.10. The molecule has 0 spiro atoms. The molecule has 0 atom stereocenters. The van der Waals surface area contributed by atoms with Gasteiger partial charge in [-0.3, -0.25) is 4.79 Å². The number of aromatic nitrogens is 1. The summed E-state index contributed by atoms with van der Waals surface area (Å²) in [7, 11) is 1.41. The highest BCUT2D eigenvalue weighted by molar-refractivity contribution is 5.92. The molecule has 1 heterocycles. The number of fused-ring (bicyclic) bond motifs is 1. The summed E-state index contributed by atoms with van der Waals surface area (Å²) in [4.78, 5) is 11.6. The molecule has 4 heteroatoms. The van der Waals surface area contributed by atoms with E-state index in [0.717, 1.165) is 28.6 Å². The van der Waals surface area contributed by atoms with Gasteiger partial charge >= 0.3 is 5.97 Å². The van der Waals surface area contributed by atoms with Gasteiger partial charge in [-0.25, -0.2) is 0 Å². The fourth-order valence-electron chi connectivity index (χ4n) is 2.67. The van der Waals surface area contributed by atoms with E-state index in [-0.39, 0.29) is 19.0 Å². The molecule has 0 aliphatic rings. The first-order valence-corrected chi connectivity index (χ1v) is 6.84. The maximum atomic E-state index is 11.6. The van der Waals surface area contributed by atoms with E-state index in [2.05, 4.69) is 30.5 Å². The average Bonchev–Trinajstić information content (AvgIpc) is 2.80. The predicted octanol–water partition coefficient (Wildman–Crippen LogP) is 2.36. The number of hydrogen-bond acceptors (Lipinski definition) is 3. The Labute approximate surface area is 119 Å². The van der Waals surface area contributed by atoms with E-state index >= 15 is 0 Å². The van der Waals surface area contributed by atoms with Crippen LogP contribution in [-0.2, 0) is 22.5 Å². The topological polar surface area (TPSA) is 51.5 Å². The minimum absolute atomic E-state index is 0.164. The number of aliphatic hydroxyl groups is 1. The molecule has 1 aromatic carbocycles. The summed E-state index contributed by atoms with van der Waals surface area (Å²) in [6.45, 7) is 5.04. The summed E-state index contributed by atoms with van der Waals surface area (Å²) < 4.78 is 6.91. The number of carbonyl (C=O) groups excluding carboxylic acids is 1. The Morgan fingerprint density at radius 1 is 1.30 bits per heavy atom. The summed E-state index contributed by atoms with van der Waals surface area (Å²) in [5.74, 6) is -0.230. The molecule has 4 nitrogen and oxygen atoms in total. The zero-order valence-corrected chi connectivity index (χ0v) is 12.3. The largest absolute Gasteiger partial charge is 0.469 e. The number of carbonyl (C=O) groups is 1. The van der Waals surface area contributed by atoms with Crippen LogP contribution in [0.5, 0.6) is 0 Å². The molecule has 0 bridgehead atoms. The molecule has 108 valence electrons. The van der Waals surface area contributed by atoms with Crippen LogP contribution in [0.2, 0.25) is 0 Å². The second-order valence-electron chi connectivity index (χ2n) is 5.10. The Hall–Kier alpha value is -1.81. The number of rotatable bonds is 5. The van der Waals surface area contributed by atoms with E-state index in [1.807, 2.05) is 6.20 Å². The molecule has 2 aromatic rings. The first kappa shape index (κ1) is 14.6. The van der Waals surface area contributed by atoms with Crippen molar-refractivity contribution in [2.45, 2.75) is 33.2 Å². The summed E-state index contributed by atoms with van der Waals surface area (Å²) in [6, 6.07) is 4.17. The Morgan fingerprint density at radius 2 is 2.00 bits per heavy atom. The van der Waals surface area contributed by atoms with Gasteiger partial charge < -0.3 is 14.4 Å². The van der Waals surface area contributed by atoms with Crippen molar-refractivity contribution in [1.29, 1.82) is 0 Å². The number of methoxy groups -OCH3 is 1. The normalized spacial score (nSPS) is 11.0. The Morgan fingerprint density at radius 3 is 2.65 bits per heavy atom. The number of esters is 1. The van der Waals surface area contributed by atoms with E-state index < -0.39 is 0 Å². The van der Waals surface area contributed by atoms with Gasteiger partial charge in [0, 0.05) is 24.7 Å². The smallest absolute Gasteiger partial charge is 0.310 e. The van der Waals surface area contributed by atoms with Gasteiger partial charge in [0.1, 0.15) is 0 Å². The molecule has 0 aliphatic heterocycles. The standard InChI is InChI=1S/C16H21NO3/c1-11-5-6-12(2)16-15(11)13(9-14(19)20-3)10-17(16)7-4-8-18/h5-6,10,18H,4,7-9H2,1-3H3. The first-order chi connectivity index (χ1) is 9.58. The molecule has 0 saturated heterocycles. The lowest BCUT2D eigenvalue weighted by Gasteiger charge is -2.07. The molecule has 0 saturated carbocycles. The van der Waals surface area contributed by atoms with Crippen molar-refractivity contribution < 1.29 is 14.6 Å². The molecule has 1 N–H and O–H groups in total. The van der Waals surface area contributed by atoms with Crippen LogP contribution in [0.3, 0.4) is 0 Å². The Bertz CT molecular complexity index is 628. The van der Waals surface area contributed by atoms with Gasteiger partial charge in [0.25, 0.3) is 0 Å². The Kier molecular flexibility index (Phi) is 4.45. The SMILES string of the molecule is COC(=O)Cc1cn(CCCO)c2c(C)ccc(C)c12. The summed E-state index contributed by atoms with van der Waals surface area (Å²) >= 11 is 0. The second kappa shape index (κ2) is 6.09. The van der Waals surface area contributed by atoms with Gasteiger partial charge in [-0.1, -0.05) is 12.1 Å². The van der Waals surface area contributed by atoms with Crippen LogP contribution >= 0.6 is 0 Å². The predicted molar refractivity (Wildman–Crippen MR) is 78.8 cm³/mol. The molecule has 0 aliphatic carbocycles. The quantitative estimate of drug-likeness (QED) is 0.852. The van der Waals surface area contributed by atoms with E-state index in [0.29, 0.717) is 6.42 Å². The number of nitrogens with zero attached hydrogens (tertiary/aromatic N) is 1. The lowest BCUT2D eigenvalue weighted by molar-refractivity contribution is -0.139. The van der Waals surface area contributed by atoms with E-state index in [1.165, 1.54) is 12.7 Å². The third-order valence-electron chi connectivity index (χ3n) is 3.63. The molecule has 0 unspecified atom stereocenters. The van der Waals surface area contributed by atoms with Crippen molar-refractivity contribution >= 4 is 16.9 Å². The highest BCUT2D eigenvalue weighted by atomic mass is 16.5. The van der Waals surface area contributed by atoms with Crippen molar-refractivity contribution in [1.82, 2.24) is 4.57 Å². The summed E-state index contributed by atoms with van der Waals surface area (Å²) in [5.41, 5.74) is 4.48. The van der Waals surface area contributed by atoms with Gasteiger partial charge in [-0.2, -0.15) is 0 Å². The van der Waals surface area contributed by atoms with Gasteiger partial charge in [-0.05, 0) is 37.0 Å². The van der Waals surface area contributed by atoms with Crippen molar-refractivity contribution in [3.63, 3.8) is 0 Å². The maximum Gasteiger partial charge on any atom is 0.310 e. The fraction of sp³-hybridized carbons (Fsp3) is 0.438. The van der Waals surface area contributed by atoms with Crippen LogP contribution in [0.4, 0.5) is 0 Å². The number of hydrogen-bond donors (Lipinski definition) is 1.